The number of alkyl halides is 3. The van der Waals surface area contributed by atoms with E-state index in [1.807, 2.05) is 7.05 Å². The lowest BCUT2D eigenvalue weighted by atomic mass is 10.0. The number of rotatable bonds is 2. The molecule has 106 valence electrons. The van der Waals surface area contributed by atoms with Gasteiger partial charge in [0.25, 0.3) is 0 Å². The normalized spacial score (nSPS) is 18.6. The van der Waals surface area contributed by atoms with Crippen LogP contribution in [-0.2, 0) is 6.18 Å². The Kier molecular flexibility index (Phi) is 4.40. The van der Waals surface area contributed by atoms with Gasteiger partial charge in [-0.1, -0.05) is 15.9 Å². The molecule has 6 heteroatoms. The second kappa shape index (κ2) is 5.71. The Bertz CT molecular complexity index is 440. The fraction of sp³-hybridized carbons (Fsp3) is 0.538. The molecule has 0 unspecified atom stereocenters. The zero-order valence-corrected chi connectivity index (χ0v) is 12.2. The molecule has 2 rings (SSSR count). The summed E-state index contributed by atoms with van der Waals surface area (Å²) >= 11 is 3.09. The van der Waals surface area contributed by atoms with Crippen molar-refractivity contribution in [3.8, 4) is 0 Å². The lowest BCUT2D eigenvalue weighted by Gasteiger charge is -2.31. The van der Waals surface area contributed by atoms with E-state index in [0.29, 0.717) is 4.47 Å². The molecule has 1 saturated heterocycles. The second-order valence-electron chi connectivity index (χ2n) is 4.91. The quantitative estimate of drug-likeness (QED) is 0.878. The van der Waals surface area contributed by atoms with Gasteiger partial charge in [-0.3, -0.25) is 0 Å². The molecule has 1 fully saturated rings. The number of hydrogen-bond acceptors (Lipinski definition) is 2. The standard InChI is InChI=1S/C13H16BrF3N2/c1-19-6-4-10(5-7-19)18-12-3-2-9(14)8-11(12)13(15,16)17/h2-3,8,10,18H,4-7H2,1H3. The van der Waals surface area contributed by atoms with E-state index in [0.717, 1.165) is 32.0 Å². The molecule has 0 spiro atoms. The molecule has 1 aromatic carbocycles. The first-order valence-corrected chi connectivity index (χ1v) is 6.97. The van der Waals surface area contributed by atoms with Crippen molar-refractivity contribution in [3.05, 3.63) is 28.2 Å². The van der Waals surface area contributed by atoms with Gasteiger partial charge in [0.05, 0.1) is 5.56 Å². The lowest BCUT2D eigenvalue weighted by Crippen LogP contribution is -2.37. The average molecular weight is 337 g/mol. The Labute approximate surface area is 119 Å². The number of anilines is 1. The van der Waals surface area contributed by atoms with Crippen molar-refractivity contribution < 1.29 is 13.2 Å². The third-order valence-corrected chi connectivity index (χ3v) is 3.86. The van der Waals surface area contributed by atoms with Crippen LogP contribution in [0.1, 0.15) is 18.4 Å². The Morgan fingerprint density at radius 1 is 1.26 bits per heavy atom. The molecule has 1 aliphatic rings. The maximum absolute atomic E-state index is 13.0. The van der Waals surface area contributed by atoms with E-state index < -0.39 is 11.7 Å². The molecule has 0 bridgehead atoms. The molecule has 0 saturated carbocycles. The van der Waals surface area contributed by atoms with E-state index in [9.17, 15) is 13.2 Å². The van der Waals surface area contributed by atoms with Crippen LogP contribution in [0.5, 0.6) is 0 Å². The van der Waals surface area contributed by atoms with Crippen LogP contribution in [0.2, 0.25) is 0 Å². The maximum atomic E-state index is 13.0. The van der Waals surface area contributed by atoms with E-state index >= 15 is 0 Å². The van der Waals surface area contributed by atoms with Crippen molar-refractivity contribution >= 4 is 21.6 Å². The highest BCUT2D eigenvalue weighted by molar-refractivity contribution is 9.10. The topological polar surface area (TPSA) is 15.3 Å². The summed E-state index contributed by atoms with van der Waals surface area (Å²) in [6.07, 6.45) is -2.61. The number of likely N-dealkylation sites (tertiary alicyclic amines) is 1. The molecule has 1 heterocycles. The van der Waals surface area contributed by atoms with E-state index in [1.165, 1.54) is 6.07 Å². The first-order chi connectivity index (χ1) is 8.86. The Morgan fingerprint density at radius 2 is 1.89 bits per heavy atom. The summed E-state index contributed by atoms with van der Waals surface area (Å²) in [7, 11) is 2.02. The molecular weight excluding hydrogens is 321 g/mol. The molecule has 0 radical (unpaired) electrons. The Morgan fingerprint density at radius 3 is 2.47 bits per heavy atom. The molecule has 0 aromatic heterocycles. The minimum Gasteiger partial charge on any atom is -0.382 e. The van der Waals surface area contributed by atoms with Gasteiger partial charge < -0.3 is 10.2 Å². The number of benzene rings is 1. The SMILES string of the molecule is CN1CCC(Nc2ccc(Br)cc2C(F)(F)F)CC1. The minimum atomic E-state index is -4.34. The molecule has 1 N–H and O–H groups in total. The van der Waals surface area contributed by atoms with Crippen LogP contribution in [0, 0.1) is 0 Å². The minimum absolute atomic E-state index is 0.110. The molecule has 1 aliphatic heterocycles. The number of nitrogens with zero attached hydrogens (tertiary/aromatic N) is 1. The third-order valence-electron chi connectivity index (χ3n) is 3.37. The van der Waals surface area contributed by atoms with Gasteiger partial charge in [-0.05, 0) is 51.2 Å². The highest BCUT2D eigenvalue weighted by Crippen LogP contribution is 2.37. The first kappa shape index (κ1) is 14.7. The van der Waals surface area contributed by atoms with Crippen molar-refractivity contribution in [1.29, 1.82) is 0 Å². The zero-order valence-electron chi connectivity index (χ0n) is 10.6. The van der Waals surface area contributed by atoms with Crippen LogP contribution < -0.4 is 5.32 Å². The number of hydrogen-bond donors (Lipinski definition) is 1. The predicted molar refractivity (Wildman–Crippen MR) is 73.3 cm³/mol. The fourth-order valence-corrected chi connectivity index (χ4v) is 2.61. The molecule has 19 heavy (non-hydrogen) atoms. The highest BCUT2D eigenvalue weighted by Gasteiger charge is 2.34. The van der Waals surface area contributed by atoms with Gasteiger partial charge in [0, 0.05) is 16.2 Å². The van der Waals surface area contributed by atoms with Crippen molar-refractivity contribution in [1.82, 2.24) is 4.90 Å². The third kappa shape index (κ3) is 3.86. The van der Waals surface area contributed by atoms with Gasteiger partial charge >= 0.3 is 6.18 Å². The van der Waals surface area contributed by atoms with Crippen LogP contribution in [-0.4, -0.2) is 31.1 Å². The smallest absolute Gasteiger partial charge is 0.382 e. The number of piperidine rings is 1. The molecule has 0 aliphatic carbocycles. The number of halogens is 4. The summed E-state index contributed by atoms with van der Waals surface area (Å²) in [4.78, 5) is 2.18. The fourth-order valence-electron chi connectivity index (χ4n) is 2.25. The van der Waals surface area contributed by atoms with Gasteiger partial charge in [-0.2, -0.15) is 13.2 Å². The summed E-state index contributed by atoms with van der Waals surface area (Å²) in [5, 5.41) is 3.04. The van der Waals surface area contributed by atoms with Crippen molar-refractivity contribution in [2.24, 2.45) is 0 Å². The molecule has 2 nitrogen and oxygen atoms in total. The van der Waals surface area contributed by atoms with E-state index in [-0.39, 0.29) is 11.7 Å². The van der Waals surface area contributed by atoms with Crippen LogP contribution in [0.25, 0.3) is 0 Å². The van der Waals surface area contributed by atoms with E-state index in [1.54, 1.807) is 6.07 Å². The average Bonchev–Trinajstić information content (AvgIpc) is 2.33. The van der Waals surface area contributed by atoms with Crippen LogP contribution in [0.3, 0.4) is 0 Å². The van der Waals surface area contributed by atoms with Gasteiger partial charge in [0.15, 0.2) is 0 Å². The van der Waals surface area contributed by atoms with Gasteiger partial charge in [-0.15, -0.1) is 0 Å². The lowest BCUT2D eigenvalue weighted by molar-refractivity contribution is -0.137. The van der Waals surface area contributed by atoms with Gasteiger partial charge in [-0.25, -0.2) is 0 Å². The van der Waals surface area contributed by atoms with E-state index in [4.69, 9.17) is 0 Å². The van der Waals surface area contributed by atoms with Crippen LogP contribution in [0.15, 0.2) is 22.7 Å². The predicted octanol–water partition coefficient (Wildman–Crippen LogP) is 3.97. The van der Waals surface area contributed by atoms with Crippen molar-refractivity contribution in [2.45, 2.75) is 25.1 Å². The van der Waals surface area contributed by atoms with Gasteiger partial charge in [0.2, 0.25) is 0 Å². The largest absolute Gasteiger partial charge is 0.418 e. The van der Waals surface area contributed by atoms with E-state index in [2.05, 4.69) is 26.1 Å². The summed E-state index contributed by atoms with van der Waals surface area (Å²) in [5.41, 5.74) is -0.439. The molecule has 0 atom stereocenters. The van der Waals surface area contributed by atoms with Crippen LogP contribution >= 0.6 is 15.9 Å². The molecule has 1 aromatic rings. The first-order valence-electron chi connectivity index (χ1n) is 6.18. The van der Waals surface area contributed by atoms with Gasteiger partial charge in [0.1, 0.15) is 0 Å². The van der Waals surface area contributed by atoms with Crippen LogP contribution in [0.4, 0.5) is 18.9 Å². The monoisotopic (exact) mass is 336 g/mol. The Balaban J connectivity index is 2.16. The summed E-state index contributed by atoms with van der Waals surface area (Å²) in [5.74, 6) is 0. The zero-order chi connectivity index (χ0) is 14.0. The summed E-state index contributed by atoms with van der Waals surface area (Å²) in [6, 6.07) is 4.35. The number of nitrogens with one attached hydrogen (secondary N) is 1. The Hall–Kier alpha value is -0.750. The van der Waals surface area contributed by atoms with Crippen molar-refractivity contribution in [3.63, 3.8) is 0 Å². The molecule has 0 amide bonds. The van der Waals surface area contributed by atoms with Crippen molar-refractivity contribution in [2.75, 3.05) is 25.5 Å². The maximum Gasteiger partial charge on any atom is 0.418 e. The summed E-state index contributed by atoms with van der Waals surface area (Å²) < 4.78 is 39.4. The highest BCUT2D eigenvalue weighted by atomic mass is 79.9. The molecular formula is C13H16BrF3N2. The summed E-state index contributed by atoms with van der Waals surface area (Å²) in [6.45, 7) is 1.82. The second-order valence-corrected chi connectivity index (χ2v) is 5.83.